The Morgan fingerprint density at radius 1 is 1.42 bits per heavy atom. The minimum absolute atomic E-state index is 0.0133. The third kappa shape index (κ3) is 2.15. The highest BCUT2D eigenvalue weighted by Crippen LogP contribution is 2.71. The van der Waals surface area contributed by atoms with Crippen molar-refractivity contribution in [2.24, 2.45) is 17.3 Å². The molecule has 0 amide bonds. The largest absolute Gasteiger partial charge is 0.486 e. The first kappa shape index (κ1) is 16.1. The fourth-order valence-electron chi connectivity index (χ4n) is 5.14. The van der Waals surface area contributed by atoms with Crippen molar-refractivity contribution in [1.82, 2.24) is 0 Å². The molecule has 1 saturated heterocycles. The lowest BCUT2D eigenvalue weighted by atomic mass is 9.67. The zero-order valence-corrected chi connectivity index (χ0v) is 15.0. The summed E-state index contributed by atoms with van der Waals surface area (Å²) in [4.78, 5) is 12.0. The zero-order valence-electron chi connectivity index (χ0n) is 15.0. The summed E-state index contributed by atoms with van der Waals surface area (Å²) in [6.07, 6.45) is 6.87. The number of fused-ring (bicyclic) bond motifs is 1. The van der Waals surface area contributed by atoms with E-state index < -0.39 is 0 Å². The predicted octanol–water partition coefficient (Wildman–Crippen LogP) is 4.10. The predicted molar refractivity (Wildman–Crippen MR) is 88.9 cm³/mol. The topological polar surface area (TPSA) is 44.8 Å². The van der Waals surface area contributed by atoms with Crippen LogP contribution >= 0.6 is 0 Å². The van der Waals surface area contributed by atoms with Crippen LogP contribution in [0.5, 0.6) is 0 Å². The second-order valence-electron chi connectivity index (χ2n) is 7.92. The maximum Gasteiger partial charge on any atom is 0.306 e. The van der Waals surface area contributed by atoms with E-state index in [0.29, 0.717) is 18.3 Å². The van der Waals surface area contributed by atoms with Gasteiger partial charge in [0.05, 0.1) is 6.10 Å². The normalized spacial score (nSPS) is 38.6. The number of carbonyl (C=O) groups is 1. The van der Waals surface area contributed by atoms with Crippen molar-refractivity contribution in [3.63, 3.8) is 0 Å². The van der Waals surface area contributed by atoms with Crippen molar-refractivity contribution in [3.8, 4) is 0 Å². The quantitative estimate of drug-likeness (QED) is 0.496. The minimum atomic E-state index is -0.0702. The van der Waals surface area contributed by atoms with Crippen molar-refractivity contribution >= 4 is 5.97 Å². The molecular formula is C20H28O4. The van der Waals surface area contributed by atoms with Gasteiger partial charge in [-0.3, -0.25) is 4.79 Å². The second-order valence-corrected chi connectivity index (χ2v) is 7.92. The van der Waals surface area contributed by atoms with E-state index in [0.717, 1.165) is 50.0 Å². The zero-order chi connectivity index (χ0) is 16.9. The van der Waals surface area contributed by atoms with Crippen LogP contribution in [0.2, 0.25) is 0 Å². The summed E-state index contributed by atoms with van der Waals surface area (Å²) in [6, 6.07) is 0. The number of hydrogen-bond donors (Lipinski definition) is 0. The summed E-state index contributed by atoms with van der Waals surface area (Å²) in [5.41, 5.74) is 3.27. The first-order valence-corrected chi connectivity index (χ1v) is 9.64. The van der Waals surface area contributed by atoms with E-state index in [-0.39, 0.29) is 29.7 Å². The number of hydrogen-bond acceptors (Lipinski definition) is 4. The lowest BCUT2D eigenvalue weighted by molar-refractivity contribution is -0.157. The Balaban J connectivity index is 1.43. The monoisotopic (exact) mass is 332 g/mol. The summed E-state index contributed by atoms with van der Waals surface area (Å²) in [7, 11) is 0. The Hall–Kier alpha value is -1.41. The summed E-state index contributed by atoms with van der Waals surface area (Å²) in [6.45, 7) is 6.40. The maximum absolute atomic E-state index is 12.0. The minimum Gasteiger partial charge on any atom is -0.486 e. The molecule has 2 bridgehead atoms. The summed E-state index contributed by atoms with van der Waals surface area (Å²) >= 11 is 0. The van der Waals surface area contributed by atoms with Gasteiger partial charge in [0, 0.05) is 18.3 Å². The van der Waals surface area contributed by atoms with Gasteiger partial charge in [0.25, 0.3) is 0 Å². The molecule has 1 spiro atoms. The molecule has 4 heteroatoms. The third-order valence-corrected chi connectivity index (χ3v) is 6.27. The van der Waals surface area contributed by atoms with Gasteiger partial charge >= 0.3 is 5.97 Å². The van der Waals surface area contributed by atoms with Gasteiger partial charge in [-0.05, 0) is 38.3 Å². The van der Waals surface area contributed by atoms with Crippen molar-refractivity contribution in [2.45, 2.75) is 84.0 Å². The van der Waals surface area contributed by atoms with E-state index in [9.17, 15) is 4.79 Å². The average molecular weight is 332 g/mol. The van der Waals surface area contributed by atoms with Crippen LogP contribution < -0.4 is 0 Å². The van der Waals surface area contributed by atoms with Gasteiger partial charge < -0.3 is 14.2 Å². The smallest absolute Gasteiger partial charge is 0.306 e. The van der Waals surface area contributed by atoms with E-state index in [2.05, 4.69) is 26.5 Å². The highest BCUT2D eigenvalue weighted by atomic mass is 16.6. The highest BCUT2D eigenvalue weighted by molar-refractivity contribution is 5.69. The van der Waals surface area contributed by atoms with Crippen LogP contribution in [0.1, 0.15) is 65.7 Å². The van der Waals surface area contributed by atoms with E-state index in [1.165, 1.54) is 0 Å². The molecule has 0 N–H and O–H groups in total. The standard InChI is InChI=1S/C20H28O4/c1-4-6-8-17(21)24-18-13-9-14-19(18)23-16-10-15(20(14,16)11-13)22-12(3)7-5-2/h12-14,18-19H,4-9,11H2,1-3H3. The van der Waals surface area contributed by atoms with Crippen LogP contribution in [0.15, 0.2) is 17.2 Å². The third-order valence-electron chi connectivity index (χ3n) is 6.27. The Bertz CT molecular complexity index is 603. The van der Waals surface area contributed by atoms with Gasteiger partial charge in [-0.15, -0.1) is 0 Å². The summed E-state index contributed by atoms with van der Waals surface area (Å²) in [5.74, 6) is 2.72. The van der Waals surface area contributed by atoms with Crippen LogP contribution in [0, 0.1) is 17.3 Å². The number of ether oxygens (including phenoxy) is 3. The SMILES string of the molecule is CCCCC(=O)OC1C2CC3C1OC1=C=C(OC(C)CCC)C13C2. The summed E-state index contributed by atoms with van der Waals surface area (Å²) in [5, 5.41) is 0. The molecule has 2 saturated carbocycles. The van der Waals surface area contributed by atoms with Crippen molar-refractivity contribution in [2.75, 3.05) is 0 Å². The molecule has 3 fully saturated rings. The lowest BCUT2D eigenvalue weighted by Crippen LogP contribution is -2.42. The molecule has 0 aromatic carbocycles. The Kier molecular flexibility index (Phi) is 3.91. The van der Waals surface area contributed by atoms with Crippen LogP contribution in [-0.4, -0.2) is 24.3 Å². The maximum atomic E-state index is 12.0. The van der Waals surface area contributed by atoms with E-state index in [1.54, 1.807) is 0 Å². The van der Waals surface area contributed by atoms with Gasteiger partial charge in [-0.25, -0.2) is 0 Å². The number of carbonyl (C=O) groups excluding carboxylic acids is 1. The Labute approximate surface area is 144 Å². The van der Waals surface area contributed by atoms with E-state index in [1.807, 2.05) is 0 Å². The molecule has 24 heavy (non-hydrogen) atoms. The highest BCUT2D eigenvalue weighted by Gasteiger charge is 2.74. The van der Waals surface area contributed by atoms with Crippen molar-refractivity contribution < 1.29 is 19.0 Å². The summed E-state index contributed by atoms with van der Waals surface area (Å²) < 4.78 is 18.1. The first-order chi connectivity index (χ1) is 11.6. The van der Waals surface area contributed by atoms with E-state index >= 15 is 0 Å². The van der Waals surface area contributed by atoms with Crippen LogP contribution in [0.3, 0.4) is 0 Å². The molecule has 4 aliphatic rings. The molecular weight excluding hydrogens is 304 g/mol. The molecule has 0 aromatic heterocycles. The van der Waals surface area contributed by atoms with Gasteiger partial charge in [-0.1, -0.05) is 26.7 Å². The second kappa shape index (κ2) is 5.84. The molecule has 1 aliphatic heterocycles. The average Bonchev–Trinajstić information content (AvgIpc) is 3.14. The molecule has 6 unspecified atom stereocenters. The van der Waals surface area contributed by atoms with Gasteiger partial charge in [-0.2, -0.15) is 0 Å². The molecule has 0 aromatic rings. The molecule has 4 nitrogen and oxygen atoms in total. The van der Waals surface area contributed by atoms with Gasteiger partial charge in [0.1, 0.15) is 17.6 Å². The first-order valence-electron chi connectivity index (χ1n) is 9.64. The molecule has 6 atom stereocenters. The Morgan fingerprint density at radius 3 is 3.00 bits per heavy atom. The van der Waals surface area contributed by atoms with Crippen molar-refractivity contribution in [1.29, 1.82) is 0 Å². The van der Waals surface area contributed by atoms with Crippen LogP contribution in [0.4, 0.5) is 0 Å². The molecule has 3 aliphatic carbocycles. The van der Waals surface area contributed by atoms with E-state index in [4.69, 9.17) is 14.2 Å². The van der Waals surface area contributed by atoms with Gasteiger partial charge in [0.15, 0.2) is 11.5 Å². The van der Waals surface area contributed by atoms with Crippen LogP contribution in [-0.2, 0) is 19.0 Å². The molecule has 132 valence electrons. The molecule has 0 radical (unpaired) electrons. The lowest BCUT2D eigenvalue weighted by Gasteiger charge is -2.37. The molecule has 4 rings (SSSR count). The van der Waals surface area contributed by atoms with Crippen LogP contribution in [0.25, 0.3) is 0 Å². The fourth-order valence-corrected chi connectivity index (χ4v) is 5.14. The number of esters is 1. The van der Waals surface area contributed by atoms with Gasteiger partial charge in [0.2, 0.25) is 0 Å². The molecule has 1 heterocycles. The number of unbranched alkanes of at least 4 members (excludes halogenated alkanes) is 1. The van der Waals surface area contributed by atoms with Crippen molar-refractivity contribution in [3.05, 3.63) is 17.2 Å². The number of rotatable bonds is 8. The Morgan fingerprint density at radius 2 is 2.25 bits per heavy atom. The fraction of sp³-hybridized carbons (Fsp3) is 0.800.